The third kappa shape index (κ3) is 5.83. The second kappa shape index (κ2) is 9.56. The van der Waals surface area contributed by atoms with E-state index in [1.54, 1.807) is 0 Å². The maximum Gasteiger partial charge on any atom is 0.251 e. The number of ether oxygens (including phenoxy) is 1. The molecule has 4 heteroatoms. The molecular weight excluding hydrogens is 336 g/mol. The molecule has 1 amide bonds. The van der Waals surface area contributed by atoms with Gasteiger partial charge in [0.05, 0.1) is 6.04 Å². The smallest absolute Gasteiger partial charge is 0.251 e. The third-order valence-electron chi connectivity index (χ3n) is 5.03. The van der Waals surface area contributed by atoms with E-state index < -0.39 is 0 Å². The van der Waals surface area contributed by atoms with E-state index in [1.165, 1.54) is 37.9 Å². The van der Waals surface area contributed by atoms with Crippen LogP contribution in [0.1, 0.15) is 47.7 Å². The van der Waals surface area contributed by atoms with Crippen molar-refractivity contribution in [2.75, 3.05) is 19.7 Å². The number of likely N-dealkylation sites (tertiary alicyclic amines) is 1. The number of carbonyl (C=O) groups is 1. The summed E-state index contributed by atoms with van der Waals surface area (Å²) in [5.41, 5.74) is 3.06. The van der Waals surface area contributed by atoms with Gasteiger partial charge in [0.2, 0.25) is 0 Å². The highest BCUT2D eigenvalue weighted by Crippen LogP contribution is 2.16. The van der Waals surface area contributed by atoms with E-state index in [2.05, 4.69) is 22.3 Å². The van der Waals surface area contributed by atoms with Gasteiger partial charge in [0.1, 0.15) is 12.4 Å². The number of para-hydroxylation sites is 1. The zero-order chi connectivity index (χ0) is 19.1. The van der Waals surface area contributed by atoms with Crippen LogP contribution in [0.25, 0.3) is 0 Å². The lowest BCUT2D eigenvalue weighted by Crippen LogP contribution is -2.36. The molecule has 1 N–H and O–H groups in total. The summed E-state index contributed by atoms with van der Waals surface area (Å²) in [6.07, 6.45) is 3.94. The molecule has 1 aliphatic heterocycles. The molecule has 3 rings (SSSR count). The molecule has 0 aromatic heterocycles. The highest BCUT2D eigenvalue weighted by molar-refractivity contribution is 5.94. The molecule has 1 atom stereocenters. The zero-order valence-electron chi connectivity index (χ0n) is 16.4. The number of carbonyl (C=O) groups excluding carboxylic acids is 1. The van der Waals surface area contributed by atoms with E-state index in [0.717, 1.165) is 17.9 Å². The van der Waals surface area contributed by atoms with Gasteiger partial charge in [-0.1, -0.05) is 36.8 Å². The largest absolute Gasteiger partial charge is 0.491 e. The molecule has 0 unspecified atom stereocenters. The van der Waals surface area contributed by atoms with Gasteiger partial charge in [-0.2, -0.15) is 0 Å². The van der Waals surface area contributed by atoms with Crippen LogP contribution in [-0.2, 0) is 6.54 Å². The first-order valence-electron chi connectivity index (χ1n) is 9.92. The van der Waals surface area contributed by atoms with Crippen molar-refractivity contribution in [3.63, 3.8) is 0 Å². The van der Waals surface area contributed by atoms with Gasteiger partial charge in [0.15, 0.2) is 0 Å². The van der Waals surface area contributed by atoms with Crippen molar-refractivity contribution in [1.29, 1.82) is 0 Å². The number of nitrogens with one attached hydrogen (secondary N) is 1. The van der Waals surface area contributed by atoms with Crippen molar-refractivity contribution in [3.8, 4) is 5.75 Å². The number of nitrogens with zero attached hydrogens (tertiary/aromatic N) is 1. The summed E-state index contributed by atoms with van der Waals surface area (Å²) in [5.74, 6) is 0.807. The number of rotatable bonds is 7. The van der Waals surface area contributed by atoms with Crippen molar-refractivity contribution < 1.29 is 9.53 Å². The zero-order valence-corrected chi connectivity index (χ0v) is 16.4. The predicted octanol–water partition coefficient (Wildman–Crippen LogP) is 4.18. The molecule has 1 fully saturated rings. The first-order valence-corrected chi connectivity index (χ1v) is 9.92. The normalized spacial score (nSPS) is 15.9. The van der Waals surface area contributed by atoms with E-state index in [-0.39, 0.29) is 11.9 Å². The Morgan fingerprint density at radius 2 is 1.78 bits per heavy atom. The molecule has 27 heavy (non-hydrogen) atoms. The van der Waals surface area contributed by atoms with Crippen LogP contribution in [-0.4, -0.2) is 36.5 Å². The topological polar surface area (TPSA) is 41.6 Å². The number of piperidine rings is 1. The molecule has 1 aliphatic rings. The Bertz CT molecular complexity index is 736. The molecule has 144 valence electrons. The fourth-order valence-electron chi connectivity index (χ4n) is 3.42. The molecule has 0 bridgehead atoms. The third-order valence-corrected chi connectivity index (χ3v) is 5.03. The van der Waals surface area contributed by atoms with Crippen LogP contribution in [0.3, 0.4) is 0 Å². The van der Waals surface area contributed by atoms with E-state index in [4.69, 9.17) is 4.74 Å². The Labute approximate surface area is 162 Å². The van der Waals surface area contributed by atoms with Gasteiger partial charge in [-0.3, -0.25) is 9.69 Å². The van der Waals surface area contributed by atoms with Gasteiger partial charge in [0.25, 0.3) is 5.91 Å². The maximum atomic E-state index is 12.5. The maximum absolute atomic E-state index is 12.5. The Morgan fingerprint density at radius 3 is 2.48 bits per heavy atom. The van der Waals surface area contributed by atoms with Gasteiger partial charge in [-0.05, 0) is 69.1 Å². The number of amides is 1. The molecular formula is C23H30N2O2. The molecule has 1 saturated heterocycles. The van der Waals surface area contributed by atoms with Crippen LogP contribution < -0.4 is 10.1 Å². The van der Waals surface area contributed by atoms with Crippen molar-refractivity contribution in [1.82, 2.24) is 10.2 Å². The lowest BCUT2D eigenvalue weighted by molar-refractivity contribution is 0.0926. The van der Waals surface area contributed by atoms with Crippen LogP contribution in [0.5, 0.6) is 5.75 Å². The minimum Gasteiger partial charge on any atom is -0.491 e. The Kier molecular flexibility index (Phi) is 6.88. The summed E-state index contributed by atoms with van der Waals surface area (Å²) in [4.78, 5) is 14.9. The summed E-state index contributed by atoms with van der Waals surface area (Å²) >= 11 is 0. The SMILES string of the molecule is Cc1ccccc1OC[C@H](C)NC(=O)c1ccc(CN2CCCCC2)cc1. The standard InChI is InChI=1S/C23H30N2O2/c1-18-8-4-5-9-22(18)27-17-19(2)24-23(26)21-12-10-20(11-13-21)16-25-14-6-3-7-15-25/h4-5,8-13,19H,3,6-7,14-17H2,1-2H3,(H,24,26)/t19-/m0/s1. The van der Waals surface area contributed by atoms with Crippen molar-refractivity contribution >= 4 is 5.91 Å². The molecule has 2 aromatic rings. The highest BCUT2D eigenvalue weighted by atomic mass is 16.5. The summed E-state index contributed by atoms with van der Waals surface area (Å²) in [6.45, 7) is 7.76. The Morgan fingerprint density at radius 1 is 1.07 bits per heavy atom. The number of hydrogen-bond acceptors (Lipinski definition) is 3. The minimum atomic E-state index is -0.0647. The van der Waals surface area contributed by atoms with Crippen molar-refractivity contribution in [2.24, 2.45) is 0 Å². The predicted molar refractivity (Wildman–Crippen MR) is 109 cm³/mol. The molecule has 1 heterocycles. The second-order valence-electron chi connectivity index (χ2n) is 7.48. The van der Waals surface area contributed by atoms with Crippen LogP contribution in [0, 0.1) is 6.92 Å². The summed E-state index contributed by atoms with van der Waals surface area (Å²) < 4.78 is 5.82. The lowest BCUT2D eigenvalue weighted by Gasteiger charge is -2.26. The number of benzene rings is 2. The summed E-state index contributed by atoms with van der Waals surface area (Å²) in [7, 11) is 0. The van der Waals surface area contributed by atoms with Gasteiger partial charge in [-0.25, -0.2) is 0 Å². The molecule has 0 aliphatic carbocycles. The van der Waals surface area contributed by atoms with Crippen LogP contribution >= 0.6 is 0 Å². The number of aryl methyl sites for hydroxylation is 1. The Hall–Kier alpha value is -2.33. The Balaban J connectivity index is 1.47. The van der Waals surface area contributed by atoms with Crippen molar-refractivity contribution in [3.05, 3.63) is 65.2 Å². The van der Waals surface area contributed by atoms with Gasteiger partial charge in [-0.15, -0.1) is 0 Å². The van der Waals surface area contributed by atoms with Crippen molar-refractivity contribution in [2.45, 2.75) is 45.7 Å². The van der Waals surface area contributed by atoms with E-state index >= 15 is 0 Å². The van der Waals surface area contributed by atoms with E-state index in [1.807, 2.05) is 50.2 Å². The first-order chi connectivity index (χ1) is 13.1. The molecule has 2 aromatic carbocycles. The fourth-order valence-corrected chi connectivity index (χ4v) is 3.42. The van der Waals surface area contributed by atoms with Crippen LogP contribution in [0.15, 0.2) is 48.5 Å². The lowest BCUT2D eigenvalue weighted by atomic mass is 10.1. The average Bonchev–Trinajstić information content (AvgIpc) is 2.69. The quantitative estimate of drug-likeness (QED) is 0.799. The minimum absolute atomic E-state index is 0.0552. The van der Waals surface area contributed by atoms with Crippen LogP contribution in [0.2, 0.25) is 0 Å². The van der Waals surface area contributed by atoms with Gasteiger partial charge in [0, 0.05) is 12.1 Å². The summed E-state index contributed by atoms with van der Waals surface area (Å²) in [6, 6.07) is 15.8. The van der Waals surface area contributed by atoms with Gasteiger partial charge >= 0.3 is 0 Å². The van der Waals surface area contributed by atoms with Crippen LogP contribution in [0.4, 0.5) is 0 Å². The van der Waals surface area contributed by atoms with E-state index in [9.17, 15) is 4.79 Å². The first kappa shape index (κ1) is 19.4. The average molecular weight is 367 g/mol. The highest BCUT2D eigenvalue weighted by Gasteiger charge is 2.13. The second-order valence-corrected chi connectivity index (χ2v) is 7.48. The molecule has 0 radical (unpaired) electrons. The molecule has 0 saturated carbocycles. The fraction of sp³-hybridized carbons (Fsp3) is 0.435. The monoisotopic (exact) mass is 366 g/mol. The van der Waals surface area contributed by atoms with Gasteiger partial charge < -0.3 is 10.1 Å². The summed E-state index contributed by atoms with van der Waals surface area (Å²) in [5, 5.41) is 3.01. The number of hydrogen-bond donors (Lipinski definition) is 1. The molecule has 0 spiro atoms. The molecule has 4 nitrogen and oxygen atoms in total. The van der Waals surface area contributed by atoms with E-state index in [0.29, 0.717) is 12.2 Å².